The molecule has 2 heterocycles. The number of oxazole rings is 1. The molecule has 1 atom stereocenters. The van der Waals surface area contributed by atoms with Gasteiger partial charge in [0, 0.05) is 18.7 Å². The van der Waals surface area contributed by atoms with Crippen LogP contribution >= 0.6 is 0 Å². The maximum Gasteiger partial charge on any atom is 0.420 e. The van der Waals surface area contributed by atoms with Gasteiger partial charge in [-0.2, -0.15) is 0 Å². The summed E-state index contributed by atoms with van der Waals surface area (Å²) in [7, 11) is 0. The number of fused-ring (bicyclic) bond motifs is 1. The molecule has 4 rings (SSSR count). The lowest BCUT2D eigenvalue weighted by Crippen LogP contribution is -2.38. The predicted octanol–water partition coefficient (Wildman–Crippen LogP) is 3.14. The average molecular weight is 324 g/mol. The van der Waals surface area contributed by atoms with Gasteiger partial charge in [0.1, 0.15) is 5.75 Å². The Labute approximate surface area is 139 Å². The highest BCUT2D eigenvalue weighted by Gasteiger charge is 2.25. The van der Waals surface area contributed by atoms with Crippen molar-refractivity contribution in [2.45, 2.75) is 25.4 Å². The molecule has 1 aliphatic rings. The van der Waals surface area contributed by atoms with Gasteiger partial charge in [-0.3, -0.25) is 9.47 Å². The maximum atomic E-state index is 12.3. The third kappa shape index (κ3) is 2.71. The molecule has 1 aromatic heterocycles. The van der Waals surface area contributed by atoms with E-state index in [-0.39, 0.29) is 11.8 Å². The first-order valence-corrected chi connectivity index (χ1v) is 8.31. The van der Waals surface area contributed by atoms with E-state index in [1.807, 2.05) is 42.5 Å². The van der Waals surface area contributed by atoms with Crippen molar-refractivity contribution in [1.82, 2.24) is 9.47 Å². The second-order valence-electron chi connectivity index (χ2n) is 6.37. The Bertz CT molecular complexity index is 912. The van der Waals surface area contributed by atoms with Crippen molar-refractivity contribution in [3.05, 3.63) is 64.6 Å². The molecule has 0 spiro atoms. The minimum absolute atomic E-state index is 0.0979. The van der Waals surface area contributed by atoms with Crippen LogP contribution in [0.3, 0.4) is 0 Å². The van der Waals surface area contributed by atoms with E-state index in [0.29, 0.717) is 17.9 Å². The van der Waals surface area contributed by atoms with Crippen molar-refractivity contribution in [2.24, 2.45) is 0 Å². The number of phenolic OH excluding ortho intramolecular Hbond substituents is 1. The highest BCUT2D eigenvalue weighted by molar-refractivity contribution is 5.72. The summed E-state index contributed by atoms with van der Waals surface area (Å²) in [5.41, 5.74) is 2.42. The van der Waals surface area contributed by atoms with Crippen LogP contribution in [0.25, 0.3) is 11.1 Å². The monoisotopic (exact) mass is 324 g/mol. The fourth-order valence-corrected chi connectivity index (χ4v) is 3.60. The molecule has 0 amide bonds. The van der Waals surface area contributed by atoms with E-state index >= 15 is 0 Å². The molecule has 0 unspecified atom stereocenters. The second kappa shape index (κ2) is 6.17. The van der Waals surface area contributed by atoms with Crippen LogP contribution in [0.4, 0.5) is 0 Å². The van der Waals surface area contributed by atoms with Crippen LogP contribution in [0, 0.1) is 0 Å². The summed E-state index contributed by atoms with van der Waals surface area (Å²) in [6.07, 6.45) is 1.98. The van der Waals surface area contributed by atoms with Crippen LogP contribution in [0.2, 0.25) is 0 Å². The van der Waals surface area contributed by atoms with Gasteiger partial charge in [0.2, 0.25) is 0 Å². The molecular formula is C19H20N2O3. The van der Waals surface area contributed by atoms with Gasteiger partial charge in [0.05, 0.1) is 11.6 Å². The van der Waals surface area contributed by atoms with Crippen molar-refractivity contribution in [3.8, 4) is 5.75 Å². The lowest BCUT2D eigenvalue weighted by atomic mass is 10.0. The minimum atomic E-state index is -0.286. The number of phenols is 1. The smallest absolute Gasteiger partial charge is 0.420 e. The number of aromatic hydroxyl groups is 1. The molecule has 2 aromatic carbocycles. The molecule has 1 fully saturated rings. The molecule has 0 saturated carbocycles. The fourth-order valence-electron chi connectivity index (χ4n) is 3.60. The standard InChI is InChI=1S/C19H20N2O3/c22-17-9-3-1-6-14(17)12-20-11-5-7-15(13-20)21-16-8-2-4-10-18(16)24-19(21)23/h1-4,6,8-10,15,22H,5,7,11-13H2/t15-/m0/s1. The molecule has 1 aliphatic heterocycles. The number of para-hydroxylation sites is 3. The Morgan fingerprint density at radius 1 is 1.12 bits per heavy atom. The van der Waals surface area contributed by atoms with E-state index < -0.39 is 0 Å². The van der Waals surface area contributed by atoms with Gasteiger partial charge in [-0.05, 0) is 37.6 Å². The van der Waals surface area contributed by atoms with Gasteiger partial charge in [0.15, 0.2) is 5.58 Å². The Morgan fingerprint density at radius 2 is 1.92 bits per heavy atom. The van der Waals surface area contributed by atoms with Gasteiger partial charge in [-0.25, -0.2) is 4.79 Å². The number of piperidine rings is 1. The topological polar surface area (TPSA) is 58.6 Å². The first-order chi connectivity index (χ1) is 11.7. The van der Waals surface area contributed by atoms with Crippen LogP contribution in [0.1, 0.15) is 24.4 Å². The quantitative estimate of drug-likeness (QED) is 0.804. The van der Waals surface area contributed by atoms with Crippen LogP contribution in [-0.4, -0.2) is 27.7 Å². The van der Waals surface area contributed by atoms with Crippen LogP contribution < -0.4 is 5.76 Å². The normalized spacial score (nSPS) is 18.9. The summed E-state index contributed by atoms with van der Waals surface area (Å²) in [6.45, 7) is 2.43. The zero-order chi connectivity index (χ0) is 16.5. The molecular weight excluding hydrogens is 304 g/mol. The lowest BCUT2D eigenvalue weighted by molar-refractivity contribution is 0.166. The third-order valence-corrected chi connectivity index (χ3v) is 4.75. The van der Waals surface area contributed by atoms with E-state index in [1.165, 1.54) is 0 Å². The lowest BCUT2D eigenvalue weighted by Gasteiger charge is -2.33. The molecule has 5 heteroatoms. The summed E-state index contributed by atoms with van der Waals surface area (Å²) in [6, 6.07) is 15.1. The number of rotatable bonds is 3. The number of benzene rings is 2. The Morgan fingerprint density at radius 3 is 2.79 bits per heavy atom. The van der Waals surface area contributed by atoms with Crippen LogP contribution in [0.5, 0.6) is 5.75 Å². The first-order valence-electron chi connectivity index (χ1n) is 8.31. The Kier molecular flexibility index (Phi) is 3.86. The number of hydrogen-bond donors (Lipinski definition) is 1. The summed E-state index contributed by atoms with van der Waals surface area (Å²) < 4.78 is 7.16. The molecule has 124 valence electrons. The van der Waals surface area contributed by atoms with Crippen LogP contribution in [0.15, 0.2) is 57.7 Å². The molecule has 24 heavy (non-hydrogen) atoms. The largest absolute Gasteiger partial charge is 0.508 e. The highest BCUT2D eigenvalue weighted by atomic mass is 16.4. The zero-order valence-electron chi connectivity index (χ0n) is 13.4. The Hall–Kier alpha value is -2.53. The summed E-state index contributed by atoms with van der Waals surface area (Å²) in [5, 5.41) is 9.98. The fraction of sp³-hybridized carbons (Fsp3) is 0.316. The van der Waals surface area contributed by atoms with Crippen molar-refractivity contribution in [3.63, 3.8) is 0 Å². The summed E-state index contributed by atoms with van der Waals surface area (Å²) in [5.74, 6) is 0.0381. The maximum absolute atomic E-state index is 12.3. The van der Waals surface area contributed by atoms with E-state index in [0.717, 1.165) is 37.0 Å². The van der Waals surface area contributed by atoms with Crippen molar-refractivity contribution in [2.75, 3.05) is 13.1 Å². The van der Waals surface area contributed by atoms with Gasteiger partial charge in [-0.15, -0.1) is 0 Å². The Balaban J connectivity index is 1.60. The SMILES string of the molecule is O=c1oc2ccccc2n1[C@H]1CCCN(Cc2ccccc2O)C1. The van der Waals surface area contributed by atoms with Crippen molar-refractivity contribution >= 4 is 11.1 Å². The average Bonchev–Trinajstić information content (AvgIpc) is 2.93. The second-order valence-corrected chi connectivity index (χ2v) is 6.37. The number of likely N-dealkylation sites (tertiary alicyclic amines) is 1. The van der Waals surface area contributed by atoms with E-state index in [2.05, 4.69) is 4.90 Å². The first kappa shape index (κ1) is 15.0. The van der Waals surface area contributed by atoms with Gasteiger partial charge in [-0.1, -0.05) is 30.3 Å². The summed E-state index contributed by atoms with van der Waals surface area (Å²) >= 11 is 0. The third-order valence-electron chi connectivity index (χ3n) is 4.75. The van der Waals surface area contributed by atoms with Gasteiger partial charge >= 0.3 is 5.76 Å². The summed E-state index contributed by atoms with van der Waals surface area (Å²) in [4.78, 5) is 14.6. The van der Waals surface area contributed by atoms with E-state index in [9.17, 15) is 9.90 Å². The predicted molar refractivity (Wildman–Crippen MR) is 92.1 cm³/mol. The number of nitrogens with zero attached hydrogens (tertiary/aromatic N) is 2. The van der Waals surface area contributed by atoms with Crippen molar-refractivity contribution in [1.29, 1.82) is 0 Å². The van der Waals surface area contributed by atoms with E-state index in [4.69, 9.17) is 4.42 Å². The highest BCUT2D eigenvalue weighted by Crippen LogP contribution is 2.27. The molecule has 0 bridgehead atoms. The van der Waals surface area contributed by atoms with Gasteiger partial charge in [0.25, 0.3) is 0 Å². The number of aromatic nitrogens is 1. The molecule has 5 nitrogen and oxygen atoms in total. The molecule has 1 saturated heterocycles. The van der Waals surface area contributed by atoms with E-state index in [1.54, 1.807) is 10.6 Å². The molecule has 0 aliphatic carbocycles. The molecule has 1 N–H and O–H groups in total. The van der Waals surface area contributed by atoms with Crippen molar-refractivity contribution < 1.29 is 9.52 Å². The van der Waals surface area contributed by atoms with Crippen LogP contribution in [-0.2, 0) is 6.54 Å². The number of hydrogen-bond acceptors (Lipinski definition) is 4. The minimum Gasteiger partial charge on any atom is -0.508 e. The molecule has 0 radical (unpaired) electrons. The zero-order valence-corrected chi connectivity index (χ0v) is 13.4. The van der Waals surface area contributed by atoms with Gasteiger partial charge < -0.3 is 9.52 Å². The molecule has 3 aromatic rings.